The van der Waals surface area contributed by atoms with Crippen LogP contribution >= 0.6 is 0 Å². The third-order valence-corrected chi connectivity index (χ3v) is 2.73. The Kier molecular flexibility index (Phi) is 3.10. The zero-order chi connectivity index (χ0) is 12.3. The monoisotopic (exact) mass is 226 g/mol. The number of anilines is 1. The number of hydrogen-bond donors (Lipinski definition) is 2. The van der Waals surface area contributed by atoms with Gasteiger partial charge < -0.3 is 5.73 Å². The Balaban J connectivity index is 2.10. The molecule has 0 aliphatic carbocycles. The second-order valence-corrected chi connectivity index (χ2v) is 4.06. The number of nitrogens with zero attached hydrogens (tertiary/aromatic N) is 2. The molecule has 0 unspecified atom stereocenters. The van der Waals surface area contributed by atoms with Gasteiger partial charge in [0.1, 0.15) is 11.6 Å². The number of nitrogen functional groups attached to an aromatic ring is 1. The van der Waals surface area contributed by atoms with Crippen LogP contribution in [0, 0.1) is 18.3 Å². The molecule has 2 rings (SSSR count). The molecule has 0 spiro atoms. The first-order valence-corrected chi connectivity index (χ1v) is 5.49. The highest BCUT2D eigenvalue weighted by Crippen LogP contribution is 2.14. The van der Waals surface area contributed by atoms with Crippen molar-refractivity contribution in [2.45, 2.75) is 19.8 Å². The van der Waals surface area contributed by atoms with Gasteiger partial charge in [-0.1, -0.05) is 29.8 Å². The van der Waals surface area contributed by atoms with E-state index in [0.717, 1.165) is 18.5 Å². The standard InChI is InChI=1S/C13H14N4/c1-9-3-2-4-10(7-9)5-6-12-11(8-14)13(15)17-16-12/h2-4,7H,5-6H2,1H3,(H3,15,16,17). The molecule has 0 saturated heterocycles. The molecule has 0 bridgehead atoms. The van der Waals surface area contributed by atoms with Gasteiger partial charge in [-0.2, -0.15) is 10.4 Å². The molecule has 4 nitrogen and oxygen atoms in total. The number of nitrogens with two attached hydrogens (primary N) is 1. The molecule has 1 aromatic heterocycles. The molecule has 0 saturated carbocycles. The van der Waals surface area contributed by atoms with E-state index < -0.39 is 0 Å². The van der Waals surface area contributed by atoms with Crippen molar-refractivity contribution in [1.29, 1.82) is 5.26 Å². The second kappa shape index (κ2) is 4.71. The minimum atomic E-state index is 0.284. The van der Waals surface area contributed by atoms with Gasteiger partial charge in [0.05, 0.1) is 5.69 Å². The summed E-state index contributed by atoms with van der Waals surface area (Å²) >= 11 is 0. The van der Waals surface area contributed by atoms with Crippen LogP contribution in [0.1, 0.15) is 22.4 Å². The smallest absolute Gasteiger partial charge is 0.163 e. The van der Waals surface area contributed by atoms with Gasteiger partial charge in [-0.3, -0.25) is 5.10 Å². The molecule has 0 aliphatic rings. The van der Waals surface area contributed by atoms with Crippen LogP contribution in [0.3, 0.4) is 0 Å². The molecule has 0 radical (unpaired) electrons. The Labute approximate surface area is 100 Å². The summed E-state index contributed by atoms with van der Waals surface area (Å²) in [6.07, 6.45) is 1.62. The van der Waals surface area contributed by atoms with Crippen LogP contribution in [0.5, 0.6) is 0 Å². The highest BCUT2D eigenvalue weighted by atomic mass is 15.2. The highest BCUT2D eigenvalue weighted by molar-refractivity contribution is 5.51. The van der Waals surface area contributed by atoms with E-state index >= 15 is 0 Å². The van der Waals surface area contributed by atoms with Gasteiger partial charge in [-0.05, 0) is 25.3 Å². The van der Waals surface area contributed by atoms with E-state index in [0.29, 0.717) is 5.56 Å². The van der Waals surface area contributed by atoms with Crippen molar-refractivity contribution >= 4 is 5.82 Å². The molecular formula is C13H14N4. The summed E-state index contributed by atoms with van der Waals surface area (Å²) in [7, 11) is 0. The van der Waals surface area contributed by atoms with Crippen molar-refractivity contribution in [1.82, 2.24) is 10.2 Å². The zero-order valence-electron chi connectivity index (χ0n) is 9.70. The Morgan fingerprint density at radius 3 is 2.94 bits per heavy atom. The summed E-state index contributed by atoms with van der Waals surface area (Å²) in [6.45, 7) is 2.07. The van der Waals surface area contributed by atoms with E-state index in [9.17, 15) is 0 Å². The SMILES string of the molecule is Cc1cccc(CCc2[nH]nc(N)c2C#N)c1. The van der Waals surface area contributed by atoms with Gasteiger partial charge in [0.15, 0.2) is 5.82 Å². The number of rotatable bonds is 3. The quantitative estimate of drug-likeness (QED) is 0.839. The minimum absolute atomic E-state index is 0.284. The third-order valence-electron chi connectivity index (χ3n) is 2.73. The fourth-order valence-electron chi connectivity index (χ4n) is 1.84. The van der Waals surface area contributed by atoms with E-state index in [4.69, 9.17) is 11.0 Å². The summed E-state index contributed by atoms with van der Waals surface area (Å²) in [6, 6.07) is 10.4. The first-order chi connectivity index (χ1) is 8.20. The molecule has 0 atom stereocenters. The van der Waals surface area contributed by atoms with E-state index in [-0.39, 0.29) is 5.82 Å². The van der Waals surface area contributed by atoms with Crippen LogP contribution in [-0.2, 0) is 12.8 Å². The topological polar surface area (TPSA) is 78.5 Å². The summed E-state index contributed by atoms with van der Waals surface area (Å²) in [5, 5.41) is 15.6. The molecule has 3 N–H and O–H groups in total. The summed E-state index contributed by atoms with van der Waals surface area (Å²) < 4.78 is 0. The van der Waals surface area contributed by atoms with Crippen LogP contribution in [-0.4, -0.2) is 10.2 Å². The second-order valence-electron chi connectivity index (χ2n) is 4.06. The van der Waals surface area contributed by atoms with Crippen LogP contribution in [0.25, 0.3) is 0 Å². The third kappa shape index (κ3) is 2.45. The number of aryl methyl sites for hydroxylation is 3. The molecule has 1 aromatic carbocycles. The molecule has 2 aromatic rings. The number of benzene rings is 1. The summed E-state index contributed by atoms with van der Waals surface area (Å²) in [5.74, 6) is 0.284. The fourth-order valence-corrected chi connectivity index (χ4v) is 1.84. The molecule has 17 heavy (non-hydrogen) atoms. The van der Waals surface area contributed by atoms with Crippen LogP contribution in [0.15, 0.2) is 24.3 Å². The van der Waals surface area contributed by atoms with Gasteiger partial charge in [0.2, 0.25) is 0 Å². The first kappa shape index (κ1) is 11.2. The Bertz CT molecular complexity index is 563. The minimum Gasteiger partial charge on any atom is -0.381 e. The van der Waals surface area contributed by atoms with Crippen molar-refractivity contribution < 1.29 is 0 Å². The molecule has 4 heteroatoms. The number of H-pyrrole nitrogens is 1. The molecule has 0 aliphatic heterocycles. The van der Waals surface area contributed by atoms with Crippen molar-refractivity contribution in [3.8, 4) is 6.07 Å². The van der Waals surface area contributed by atoms with Crippen molar-refractivity contribution in [2.75, 3.05) is 5.73 Å². The van der Waals surface area contributed by atoms with E-state index in [2.05, 4.69) is 41.4 Å². The van der Waals surface area contributed by atoms with Gasteiger partial charge >= 0.3 is 0 Å². The van der Waals surface area contributed by atoms with Gasteiger partial charge in [0.25, 0.3) is 0 Å². The van der Waals surface area contributed by atoms with Gasteiger partial charge in [0, 0.05) is 0 Å². The molecule has 1 heterocycles. The number of nitrogens with one attached hydrogen (secondary N) is 1. The predicted molar refractivity (Wildman–Crippen MR) is 66.3 cm³/mol. The Morgan fingerprint density at radius 1 is 1.41 bits per heavy atom. The first-order valence-electron chi connectivity index (χ1n) is 5.49. The Hall–Kier alpha value is -2.28. The lowest BCUT2D eigenvalue weighted by Crippen LogP contribution is -1.95. The number of hydrogen-bond acceptors (Lipinski definition) is 3. The molecule has 0 amide bonds. The largest absolute Gasteiger partial charge is 0.381 e. The lowest BCUT2D eigenvalue weighted by Gasteiger charge is -2.01. The maximum absolute atomic E-state index is 8.94. The lowest BCUT2D eigenvalue weighted by atomic mass is 10.0. The van der Waals surface area contributed by atoms with Crippen molar-refractivity contribution in [3.05, 3.63) is 46.6 Å². The van der Waals surface area contributed by atoms with Gasteiger partial charge in [-0.15, -0.1) is 0 Å². The van der Waals surface area contributed by atoms with E-state index in [1.165, 1.54) is 11.1 Å². The maximum atomic E-state index is 8.94. The lowest BCUT2D eigenvalue weighted by molar-refractivity contribution is 0.890. The summed E-state index contributed by atoms with van der Waals surface area (Å²) in [4.78, 5) is 0. The maximum Gasteiger partial charge on any atom is 0.163 e. The normalized spacial score (nSPS) is 10.1. The number of nitriles is 1. The molecule has 0 fully saturated rings. The van der Waals surface area contributed by atoms with Crippen LogP contribution in [0.2, 0.25) is 0 Å². The van der Waals surface area contributed by atoms with Crippen molar-refractivity contribution in [3.63, 3.8) is 0 Å². The fraction of sp³-hybridized carbons (Fsp3) is 0.231. The average molecular weight is 226 g/mol. The number of aromatic nitrogens is 2. The zero-order valence-corrected chi connectivity index (χ0v) is 9.70. The van der Waals surface area contributed by atoms with Crippen LogP contribution in [0.4, 0.5) is 5.82 Å². The average Bonchev–Trinajstić information content (AvgIpc) is 2.67. The van der Waals surface area contributed by atoms with Crippen molar-refractivity contribution in [2.24, 2.45) is 0 Å². The Morgan fingerprint density at radius 2 is 2.24 bits per heavy atom. The van der Waals surface area contributed by atoms with E-state index in [1.54, 1.807) is 0 Å². The number of aromatic amines is 1. The predicted octanol–water partition coefficient (Wildman–Crippen LogP) is 1.96. The summed E-state index contributed by atoms with van der Waals surface area (Å²) in [5.41, 5.74) is 9.36. The van der Waals surface area contributed by atoms with Crippen LogP contribution < -0.4 is 5.73 Å². The molecule has 86 valence electrons. The molecular weight excluding hydrogens is 212 g/mol. The van der Waals surface area contributed by atoms with Gasteiger partial charge in [-0.25, -0.2) is 0 Å². The van der Waals surface area contributed by atoms with E-state index in [1.807, 2.05) is 6.07 Å². The highest BCUT2D eigenvalue weighted by Gasteiger charge is 2.09.